The van der Waals surface area contributed by atoms with Crippen LogP contribution < -0.4 is 0 Å². The van der Waals surface area contributed by atoms with Crippen LogP contribution in [0.4, 0.5) is 0 Å². The van der Waals surface area contributed by atoms with E-state index in [-0.39, 0.29) is 51.0 Å². The Balaban J connectivity index is -0.000000270. The molecule has 0 N–H and O–H groups in total. The maximum atomic E-state index is 3.31. The monoisotopic (exact) mass is 283 g/mol. The smallest absolute Gasteiger partial charge is 0 e. The van der Waals surface area contributed by atoms with Crippen molar-refractivity contribution in [1.82, 2.24) is 0 Å². The molecule has 0 aromatic rings. The summed E-state index contributed by atoms with van der Waals surface area (Å²) < 4.78 is 0. The zero-order valence-corrected chi connectivity index (χ0v) is 11.6. The summed E-state index contributed by atoms with van der Waals surface area (Å²) >= 11 is 0. The molecule has 0 fully saturated rings. The van der Waals surface area contributed by atoms with Crippen LogP contribution in [0.15, 0.2) is 17.7 Å². The number of rotatable bonds is 2. The Hall–Kier alpha value is 0.943. The molecule has 0 amide bonds. The quantitative estimate of drug-likeness (QED) is 0.681. The van der Waals surface area contributed by atoms with Crippen molar-refractivity contribution in [2.24, 2.45) is 5.92 Å². The first-order chi connectivity index (χ1) is 4.34. The van der Waals surface area contributed by atoms with Gasteiger partial charge in [0.05, 0.1) is 0 Å². The maximum absolute atomic E-state index is 3.31. The summed E-state index contributed by atoms with van der Waals surface area (Å²) in [4.78, 5) is 0. The first kappa shape index (κ1) is 18.7. The number of allylic oxidation sites excluding steroid dienone is 4. The van der Waals surface area contributed by atoms with Crippen LogP contribution in [0.5, 0.6) is 0 Å². The average molecular weight is 285 g/mol. The molecule has 3 heteroatoms. The van der Waals surface area contributed by atoms with Crippen molar-refractivity contribution >= 4 is 24.8 Å². The fraction of sp³-hybridized carbons (Fsp3) is 0.556. The molecular formula is C9H15Cl2Zr-. The molecule has 1 aliphatic rings. The number of halogens is 2. The molecule has 1 aliphatic carbocycles. The van der Waals surface area contributed by atoms with E-state index in [4.69, 9.17) is 0 Å². The van der Waals surface area contributed by atoms with Crippen LogP contribution >= 0.6 is 24.8 Å². The number of hydrogen-bond donors (Lipinski definition) is 0. The Bertz CT molecular complexity index is 153. The van der Waals surface area contributed by atoms with Crippen LogP contribution in [0.2, 0.25) is 0 Å². The zero-order valence-electron chi connectivity index (χ0n) is 7.46. The topological polar surface area (TPSA) is 0 Å². The van der Waals surface area contributed by atoms with E-state index in [1.165, 1.54) is 12.0 Å². The van der Waals surface area contributed by atoms with Crippen LogP contribution in [-0.4, -0.2) is 0 Å². The summed E-state index contributed by atoms with van der Waals surface area (Å²) in [5, 5.41) is 0. The third kappa shape index (κ3) is 5.57. The van der Waals surface area contributed by atoms with Crippen molar-refractivity contribution in [3.8, 4) is 0 Å². The molecule has 0 radical (unpaired) electrons. The molecule has 0 heterocycles. The Labute approximate surface area is 107 Å². The van der Waals surface area contributed by atoms with Gasteiger partial charge in [-0.1, -0.05) is 26.2 Å². The molecule has 0 bridgehead atoms. The fourth-order valence-corrected chi connectivity index (χ4v) is 0.980. The van der Waals surface area contributed by atoms with Gasteiger partial charge in [-0.05, 0) is 0 Å². The van der Waals surface area contributed by atoms with Gasteiger partial charge in [0.1, 0.15) is 0 Å². The minimum Gasteiger partial charge on any atom is -0.269 e. The number of hydrogen-bond acceptors (Lipinski definition) is 0. The van der Waals surface area contributed by atoms with Gasteiger partial charge in [-0.2, -0.15) is 6.08 Å². The second-order valence-corrected chi connectivity index (χ2v) is 2.55. The normalized spacial score (nSPS) is 15.0. The molecule has 1 rings (SSSR count). The molecule has 12 heavy (non-hydrogen) atoms. The first-order valence-corrected chi connectivity index (χ1v) is 3.62. The van der Waals surface area contributed by atoms with Crippen molar-refractivity contribution in [2.75, 3.05) is 0 Å². The molecule has 70 valence electrons. The molecule has 0 aliphatic heterocycles. The van der Waals surface area contributed by atoms with E-state index in [2.05, 4.69) is 32.1 Å². The summed E-state index contributed by atoms with van der Waals surface area (Å²) in [6.07, 6.45) is 9.93. The minimum atomic E-state index is 0. The van der Waals surface area contributed by atoms with Gasteiger partial charge in [0.25, 0.3) is 0 Å². The van der Waals surface area contributed by atoms with Gasteiger partial charge in [0, 0.05) is 26.2 Å². The third-order valence-electron chi connectivity index (χ3n) is 1.86. The summed E-state index contributed by atoms with van der Waals surface area (Å²) in [7, 11) is 0. The van der Waals surface area contributed by atoms with E-state index < -0.39 is 0 Å². The molecule has 0 saturated heterocycles. The van der Waals surface area contributed by atoms with E-state index in [0.29, 0.717) is 5.92 Å². The molecule has 0 aromatic carbocycles. The van der Waals surface area contributed by atoms with E-state index in [9.17, 15) is 0 Å². The van der Waals surface area contributed by atoms with Crippen LogP contribution in [0, 0.1) is 12.0 Å². The van der Waals surface area contributed by atoms with Gasteiger partial charge in [-0.25, -0.2) is 11.6 Å². The molecule has 0 saturated carbocycles. The summed E-state index contributed by atoms with van der Waals surface area (Å²) in [6, 6.07) is 0. The van der Waals surface area contributed by atoms with Crippen LogP contribution in [0.3, 0.4) is 0 Å². The molecule has 1 atom stereocenters. The average Bonchev–Trinajstić information content (AvgIpc) is 2.37. The van der Waals surface area contributed by atoms with Crippen molar-refractivity contribution in [1.29, 1.82) is 0 Å². The molecule has 0 spiro atoms. The Morgan fingerprint density at radius 2 is 2.08 bits per heavy atom. The second-order valence-electron chi connectivity index (χ2n) is 2.55. The van der Waals surface area contributed by atoms with Gasteiger partial charge in [-0.15, -0.1) is 31.2 Å². The first-order valence-electron chi connectivity index (χ1n) is 3.62. The van der Waals surface area contributed by atoms with Crippen LogP contribution in [0.25, 0.3) is 0 Å². The largest absolute Gasteiger partial charge is 0.269 e. The fourth-order valence-electron chi connectivity index (χ4n) is 0.980. The van der Waals surface area contributed by atoms with Crippen molar-refractivity contribution < 1.29 is 26.2 Å². The van der Waals surface area contributed by atoms with E-state index in [0.717, 1.165) is 6.42 Å². The van der Waals surface area contributed by atoms with Gasteiger partial charge < -0.3 is 0 Å². The Morgan fingerprint density at radius 1 is 1.50 bits per heavy atom. The van der Waals surface area contributed by atoms with E-state index >= 15 is 0 Å². The summed E-state index contributed by atoms with van der Waals surface area (Å²) in [5.74, 6) is 0.712. The van der Waals surface area contributed by atoms with Crippen LogP contribution in [-0.2, 0) is 26.2 Å². The van der Waals surface area contributed by atoms with Crippen molar-refractivity contribution in [2.45, 2.75) is 26.7 Å². The van der Waals surface area contributed by atoms with Gasteiger partial charge in [0.15, 0.2) is 0 Å². The molecular weight excluding hydrogens is 270 g/mol. The maximum Gasteiger partial charge on any atom is 0 e. The minimum absolute atomic E-state index is 0. The van der Waals surface area contributed by atoms with Crippen molar-refractivity contribution in [3.63, 3.8) is 0 Å². The van der Waals surface area contributed by atoms with Gasteiger partial charge in [0.2, 0.25) is 0 Å². The second kappa shape index (κ2) is 10.0. The van der Waals surface area contributed by atoms with Gasteiger partial charge in [-0.3, -0.25) is 6.08 Å². The summed E-state index contributed by atoms with van der Waals surface area (Å²) in [5.41, 5.74) is 1.40. The standard InChI is InChI=1S/C9H13.2ClH.Zr/c1-3-8(2)9-6-4-5-7-9;;;/h4,6,8H,3,5H2,1-2H3;2*1H;/q-1;;;. The zero-order chi connectivity index (χ0) is 6.69. The van der Waals surface area contributed by atoms with E-state index in [1.54, 1.807) is 0 Å². The molecule has 0 nitrogen and oxygen atoms in total. The van der Waals surface area contributed by atoms with E-state index in [1.807, 2.05) is 0 Å². The van der Waals surface area contributed by atoms with Crippen LogP contribution in [0.1, 0.15) is 26.7 Å². The van der Waals surface area contributed by atoms with Crippen molar-refractivity contribution in [3.05, 3.63) is 23.8 Å². The van der Waals surface area contributed by atoms with Gasteiger partial charge >= 0.3 is 0 Å². The SMILES string of the molecule is CCC(C)C1=[C-]CC=C1.Cl.Cl.[Zr]. The third-order valence-corrected chi connectivity index (χ3v) is 1.86. The summed E-state index contributed by atoms with van der Waals surface area (Å²) in [6.45, 7) is 4.46. The predicted molar refractivity (Wildman–Crippen MR) is 54.5 cm³/mol. The predicted octanol–water partition coefficient (Wildman–Crippen LogP) is 3.56. The molecule has 0 aromatic heterocycles. The Morgan fingerprint density at radius 3 is 2.42 bits per heavy atom. The molecule has 1 unspecified atom stereocenters. The Kier molecular flexibility index (Phi) is 15.6.